The van der Waals surface area contributed by atoms with Gasteiger partial charge in [-0.1, -0.05) is 17.7 Å². The number of ether oxygens (including phenoxy) is 2. The number of hydrogen-bond donors (Lipinski definition) is 1. The molecule has 1 N–H and O–H groups in total. The zero-order valence-electron chi connectivity index (χ0n) is 22.0. The predicted molar refractivity (Wildman–Crippen MR) is 140 cm³/mol. The summed E-state index contributed by atoms with van der Waals surface area (Å²) in [5, 5.41) is 2.95. The van der Waals surface area contributed by atoms with E-state index in [0.717, 1.165) is 5.56 Å². The summed E-state index contributed by atoms with van der Waals surface area (Å²) in [4.78, 5) is 45.5. The van der Waals surface area contributed by atoms with Gasteiger partial charge in [-0.25, -0.2) is 0 Å². The summed E-state index contributed by atoms with van der Waals surface area (Å²) in [6, 6.07) is 13.6. The molecule has 2 aliphatic rings. The Labute approximate surface area is 218 Å². The molecule has 2 saturated heterocycles. The Hall–Kier alpha value is -3.43. The highest BCUT2D eigenvalue weighted by molar-refractivity contribution is 5.98. The highest BCUT2D eigenvalue weighted by atomic mass is 16.5. The molecule has 198 valence electrons. The number of likely N-dealkylation sites (tertiary alicyclic amines) is 1. The Balaban J connectivity index is 1.52. The molecular weight excluding hydrogens is 472 g/mol. The second kappa shape index (κ2) is 11.3. The average Bonchev–Trinajstić information content (AvgIpc) is 3.27. The van der Waals surface area contributed by atoms with Crippen LogP contribution >= 0.6 is 0 Å². The standard InChI is InChI=1S/C28H36N4O5/c1-20-5-7-22(8-6-20)27(35)32-24(25(33)29-15-18-30(2)3)19-37-28(32)13-16-31(17-14-28)26(34)21-9-11-23(36-4)12-10-21/h5-12,24H,13-19H2,1-4H3,(H,29,33)/t24-/m1/s1. The fourth-order valence-electron chi connectivity index (χ4n) is 4.90. The second-order valence-corrected chi connectivity index (χ2v) is 9.93. The molecule has 2 fully saturated rings. The first-order valence-corrected chi connectivity index (χ1v) is 12.6. The first-order valence-electron chi connectivity index (χ1n) is 12.6. The van der Waals surface area contributed by atoms with Crippen LogP contribution in [0, 0.1) is 6.92 Å². The van der Waals surface area contributed by atoms with Crippen LogP contribution < -0.4 is 10.1 Å². The summed E-state index contributed by atoms with van der Waals surface area (Å²) in [6.07, 6.45) is 0.849. The SMILES string of the molecule is COc1ccc(C(=O)N2CCC3(CC2)OC[C@H](C(=O)NCCN(C)C)N3C(=O)c2ccc(C)cc2)cc1. The average molecular weight is 509 g/mol. The van der Waals surface area contributed by atoms with Crippen LogP contribution in [0.15, 0.2) is 48.5 Å². The number of hydrogen-bond acceptors (Lipinski definition) is 6. The summed E-state index contributed by atoms with van der Waals surface area (Å²) in [5.41, 5.74) is 1.20. The molecule has 1 atom stereocenters. The maximum Gasteiger partial charge on any atom is 0.256 e. The maximum atomic E-state index is 13.8. The summed E-state index contributed by atoms with van der Waals surface area (Å²) in [6.45, 7) is 4.09. The van der Waals surface area contributed by atoms with Crippen molar-refractivity contribution in [2.45, 2.75) is 31.5 Å². The molecule has 2 aromatic carbocycles. The minimum Gasteiger partial charge on any atom is -0.497 e. The molecule has 0 unspecified atom stereocenters. The van der Waals surface area contributed by atoms with E-state index in [1.165, 1.54) is 0 Å². The molecule has 1 spiro atoms. The number of piperidine rings is 1. The molecule has 0 aliphatic carbocycles. The third kappa shape index (κ3) is 5.78. The molecule has 2 aliphatic heterocycles. The smallest absolute Gasteiger partial charge is 0.256 e. The highest BCUT2D eigenvalue weighted by Crippen LogP contribution is 2.39. The fourth-order valence-corrected chi connectivity index (χ4v) is 4.90. The van der Waals surface area contributed by atoms with Crippen LogP contribution in [-0.2, 0) is 9.53 Å². The van der Waals surface area contributed by atoms with E-state index in [2.05, 4.69) is 5.32 Å². The lowest BCUT2D eigenvalue weighted by atomic mass is 9.96. The largest absolute Gasteiger partial charge is 0.497 e. The second-order valence-electron chi connectivity index (χ2n) is 9.93. The van der Waals surface area contributed by atoms with Gasteiger partial charge >= 0.3 is 0 Å². The summed E-state index contributed by atoms with van der Waals surface area (Å²) in [7, 11) is 5.46. The van der Waals surface area contributed by atoms with E-state index in [1.807, 2.05) is 38.1 Å². The first kappa shape index (κ1) is 26.6. The van der Waals surface area contributed by atoms with E-state index in [4.69, 9.17) is 9.47 Å². The number of amides is 3. The number of benzene rings is 2. The van der Waals surface area contributed by atoms with Crippen LogP contribution in [0.5, 0.6) is 5.75 Å². The van der Waals surface area contributed by atoms with Gasteiger partial charge in [-0.15, -0.1) is 0 Å². The lowest BCUT2D eigenvalue weighted by Crippen LogP contribution is -2.60. The Morgan fingerprint density at radius 1 is 1.00 bits per heavy atom. The third-order valence-electron chi connectivity index (χ3n) is 7.11. The van der Waals surface area contributed by atoms with Gasteiger partial charge in [0.2, 0.25) is 5.91 Å². The number of methoxy groups -OCH3 is 1. The van der Waals surface area contributed by atoms with Crippen LogP contribution in [0.3, 0.4) is 0 Å². The van der Waals surface area contributed by atoms with Crippen molar-refractivity contribution in [1.29, 1.82) is 0 Å². The van der Waals surface area contributed by atoms with Crippen molar-refractivity contribution in [2.24, 2.45) is 0 Å². The van der Waals surface area contributed by atoms with Crippen LogP contribution in [0.4, 0.5) is 0 Å². The third-order valence-corrected chi connectivity index (χ3v) is 7.11. The molecule has 0 aromatic heterocycles. The van der Waals surface area contributed by atoms with Gasteiger partial charge in [-0.2, -0.15) is 0 Å². The van der Waals surface area contributed by atoms with Crippen molar-refractivity contribution in [3.05, 3.63) is 65.2 Å². The highest BCUT2D eigenvalue weighted by Gasteiger charge is 2.54. The molecule has 2 heterocycles. The Morgan fingerprint density at radius 3 is 2.19 bits per heavy atom. The number of likely N-dealkylation sites (N-methyl/N-ethyl adjacent to an activating group) is 1. The quantitative estimate of drug-likeness (QED) is 0.617. The van der Waals surface area contributed by atoms with Crippen molar-refractivity contribution in [3.63, 3.8) is 0 Å². The number of carbonyl (C=O) groups is 3. The minimum atomic E-state index is -0.942. The molecule has 0 saturated carbocycles. The van der Waals surface area contributed by atoms with Gasteiger partial charge in [-0.05, 0) is 57.4 Å². The predicted octanol–water partition coefficient (Wildman–Crippen LogP) is 2.15. The Bertz CT molecular complexity index is 1110. The number of nitrogens with zero attached hydrogens (tertiary/aromatic N) is 3. The number of rotatable bonds is 7. The number of aryl methyl sites for hydroxylation is 1. The Kier molecular flexibility index (Phi) is 8.14. The first-order chi connectivity index (χ1) is 17.7. The number of carbonyl (C=O) groups excluding carboxylic acids is 3. The molecule has 2 aromatic rings. The summed E-state index contributed by atoms with van der Waals surface area (Å²) < 4.78 is 11.5. The van der Waals surface area contributed by atoms with Crippen molar-refractivity contribution in [3.8, 4) is 5.75 Å². The molecule has 9 heteroatoms. The summed E-state index contributed by atoms with van der Waals surface area (Å²) in [5.74, 6) is 0.148. The van der Waals surface area contributed by atoms with Crippen molar-refractivity contribution < 1.29 is 23.9 Å². The van der Waals surface area contributed by atoms with Gasteiger partial charge in [0, 0.05) is 50.1 Å². The molecule has 0 bridgehead atoms. The molecule has 9 nitrogen and oxygen atoms in total. The zero-order valence-corrected chi connectivity index (χ0v) is 22.0. The van der Waals surface area contributed by atoms with Gasteiger partial charge in [0.05, 0.1) is 13.7 Å². The monoisotopic (exact) mass is 508 g/mol. The van der Waals surface area contributed by atoms with E-state index in [1.54, 1.807) is 53.3 Å². The minimum absolute atomic E-state index is 0.0788. The molecule has 3 amide bonds. The Morgan fingerprint density at radius 2 is 1.59 bits per heavy atom. The van der Waals surface area contributed by atoms with Crippen molar-refractivity contribution in [1.82, 2.24) is 20.0 Å². The van der Waals surface area contributed by atoms with Crippen molar-refractivity contribution >= 4 is 17.7 Å². The molecule has 37 heavy (non-hydrogen) atoms. The molecular formula is C28H36N4O5. The van der Waals surface area contributed by atoms with Gasteiger partial charge in [0.15, 0.2) is 0 Å². The number of nitrogens with one attached hydrogen (secondary N) is 1. The van der Waals surface area contributed by atoms with Crippen LogP contribution in [0.2, 0.25) is 0 Å². The zero-order chi connectivity index (χ0) is 26.6. The topological polar surface area (TPSA) is 91.4 Å². The van der Waals surface area contributed by atoms with Gasteiger partial charge < -0.3 is 24.6 Å². The van der Waals surface area contributed by atoms with Gasteiger partial charge in [0.1, 0.15) is 17.5 Å². The summed E-state index contributed by atoms with van der Waals surface area (Å²) >= 11 is 0. The van der Waals surface area contributed by atoms with Crippen molar-refractivity contribution in [2.75, 3.05) is 54.0 Å². The van der Waals surface area contributed by atoms with Crippen LogP contribution in [0.25, 0.3) is 0 Å². The van der Waals surface area contributed by atoms with Crippen LogP contribution in [0.1, 0.15) is 39.1 Å². The van der Waals surface area contributed by atoms with Crippen LogP contribution in [-0.4, -0.2) is 98.2 Å². The molecule has 4 rings (SSSR count). The fraction of sp³-hybridized carbons (Fsp3) is 0.464. The maximum absolute atomic E-state index is 13.8. The van der Waals surface area contributed by atoms with E-state index >= 15 is 0 Å². The molecule has 0 radical (unpaired) electrons. The lowest BCUT2D eigenvalue weighted by Gasteiger charge is -2.44. The van der Waals surface area contributed by atoms with Gasteiger partial charge in [-0.3, -0.25) is 19.3 Å². The van der Waals surface area contributed by atoms with E-state index < -0.39 is 11.8 Å². The normalized spacial score (nSPS) is 18.8. The lowest BCUT2D eigenvalue weighted by molar-refractivity contribution is -0.128. The van der Waals surface area contributed by atoms with E-state index in [9.17, 15) is 14.4 Å². The van der Waals surface area contributed by atoms with Gasteiger partial charge in [0.25, 0.3) is 11.8 Å². The van der Waals surface area contributed by atoms with E-state index in [0.29, 0.717) is 55.9 Å². The van der Waals surface area contributed by atoms with E-state index in [-0.39, 0.29) is 24.3 Å².